The zero-order valence-corrected chi connectivity index (χ0v) is 12.3. The van der Waals surface area contributed by atoms with Gasteiger partial charge in [-0.2, -0.15) is 0 Å². The molecular formula is C13H27NO7. The van der Waals surface area contributed by atoms with Gasteiger partial charge in [0, 0.05) is 6.54 Å². The Morgan fingerprint density at radius 2 is 1.95 bits per heavy atom. The minimum atomic E-state index is -1.47. The van der Waals surface area contributed by atoms with Crippen molar-refractivity contribution in [3.05, 3.63) is 0 Å². The quantitative estimate of drug-likeness (QED) is 0.259. The maximum Gasteiger partial charge on any atom is 0.184 e. The summed E-state index contributed by atoms with van der Waals surface area (Å²) in [6.45, 7) is 2.56. The second-order valence-corrected chi connectivity index (χ2v) is 5.24. The van der Waals surface area contributed by atoms with Gasteiger partial charge in [-0.1, -0.05) is 13.3 Å². The van der Waals surface area contributed by atoms with Crippen LogP contribution in [0.15, 0.2) is 0 Å². The Morgan fingerprint density at radius 3 is 2.57 bits per heavy atom. The number of rotatable bonds is 9. The van der Waals surface area contributed by atoms with Crippen LogP contribution in [0.4, 0.5) is 0 Å². The van der Waals surface area contributed by atoms with E-state index in [-0.39, 0.29) is 6.61 Å². The summed E-state index contributed by atoms with van der Waals surface area (Å²) in [5.74, 6) is 0. The van der Waals surface area contributed by atoms with Crippen molar-refractivity contribution in [1.29, 1.82) is 0 Å². The number of aliphatic hydroxyl groups excluding tert-OH is 5. The van der Waals surface area contributed by atoms with Crippen LogP contribution in [0.1, 0.15) is 19.8 Å². The van der Waals surface area contributed by atoms with Gasteiger partial charge < -0.3 is 40.3 Å². The summed E-state index contributed by atoms with van der Waals surface area (Å²) in [4.78, 5) is 0. The molecule has 0 radical (unpaired) electrons. The van der Waals surface area contributed by atoms with E-state index in [9.17, 15) is 20.4 Å². The standard InChI is InChI=1S/C13H27NO7/c1-2-3-4-14-5-8(16)7-20-12-11(18)10(17)9(6-15)21-13(12)19/h8-19H,2-7H2,1H3/t8?,9-,10+,11+,12-,13-/m1/s1. The molecule has 1 fully saturated rings. The third-order valence-electron chi connectivity index (χ3n) is 3.41. The summed E-state index contributed by atoms with van der Waals surface area (Å²) < 4.78 is 10.2. The topological polar surface area (TPSA) is 132 Å². The molecule has 0 spiro atoms. The molecule has 6 atom stereocenters. The number of hydrogen-bond acceptors (Lipinski definition) is 8. The molecule has 0 amide bonds. The van der Waals surface area contributed by atoms with E-state index in [4.69, 9.17) is 14.6 Å². The van der Waals surface area contributed by atoms with E-state index >= 15 is 0 Å². The zero-order valence-electron chi connectivity index (χ0n) is 12.3. The highest BCUT2D eigenvalue weighted by Crippen LogP contribution is 2.22. The van der Waals surface area contributed by atoms with Crippen LogP contribution < -0.4 is 5.32 Å². The average molecular weight is 309 g/mol. The van der Waals surface area contributed by atoms with Gasteiger partial charge in [-0.3, -0.25) is 0 Å². The van der Waals surface area contributed by atoms with E-state index in [1.54, 1.807) is 0 Å². The summed E-state index contributed by atoms with van der Waals surface area (Å²) in [5, 5.41) is 50.9. The van der Waals surface area contributed by atoms with Gasteiger partial charge in [0.2, 0.25) is 0 Å². The highest BCUT2D eigenvalue weighted by molar-refractivity contribution is 4.89. The van der Waals surface area contributed by atoms with E-state index < -0.39 is 43.4 Å². The van der Waals surface area contributed by atoms with Crippen molar-refractivity contribution in [2.75, 3.05) is 26.3 Å². The van der Waals surface area contributed by atoms with Gasteiger partial charge >= 0.3 is 0 Å². The first-order chi connectivity index (χ1) is 10.0. The molecule has 1 unspecified atom stereocenters. The van der Waals surface area contributed by atoms with Crippen LogP contribution in [-0.2, 0) is 9.47 Å². The predicted octanol–water partition coefficient (Wildman–Crippen LogP) is -2.45. The fraction of sp³-hybridized carbons (Fsp3) is 1.00. The number of aliphatic hydroxyl groups is 5. The molecule has 8 nitrogen and oxygen atoms in total. The lowest BCUT2D eigenvalue weighted by molar-refractivity contribution is -0.298. The molecule has 0 aromatic carbocycles. The highest BCUT2D eigenvalue weighted by Gasteiger charge is 2.44. The molecule has 1 aliphatic rings. The normalized spacial score (nSPS) is 34.9. The van der Waals surface area contributed by atoms with Crippen LogP contribution in [-0.4, -0.2) is 88.6 Å². The third-order valence-corrected chi connectivity index (χ3v) is 3.41. The van der Waals surface area contributed by atoms with Crippen molar-refractivity contribution in [1.82, 2.24) is 5.32 Å². The minimum Gasteiger partial charge on any atom is -0.394 e. The van der Waals surface area contributed by atoms with Crippen LogP contribution in [0.3, 0.4) is 0 Å². The molecule has 21 heavy (non-hydrogen) atoms. The Balaban J connectivity index is 2.33. The van der Waals surface area contributed by atoms with Gasteiger partial charge in [-0.15, -0.1) is 0 Å². The summed E-state index contributed by atoms with van der Waals surface area (Å²) in [7, 11) is 0. The molecule has 1 aliphatic heterocycles. The van der Waals surface area contributed by atoms with Crippen LogP contribution in [0, 0.1) is 0 Å². The van der Waals surface area contributed by atoms with Crippen LogP contribution in [0.2, 0.25) is 0 Å². The molecule has 1 heterocycles. The SMILES string of the molecule is CCCCNCC(O)CO[C@@H]1[C@@H](O)[C@@H](O)[C@@H](CO)O[C@H]1O. The summed E-state index contributed by atoms with van der Waals surface area (Å²) in [6, 6.07) is 0. The van der Waals surface area contributed by atoms with E-state index in [0.29, 0.717) is 6.54 Å². The van der Waals surface area contributed by atoms with Crippen molar-refractivity contribution >= 4 is 0 Å². The Hall–Kier alpha value is -0.320. The molecule has 6 N–H and O–H groups in total. The van der Waals surface area contributed by atoms with Gasteiger partial charge in [0.15, 0.2) is 6.29 Å². The zero-order chi connectivity index (χ0) is 15.8. The second kappa shape index (κ2) is 9.65. The fourth-order valence-electron chi connectivity index (χ4n) is 2.10. The Kier molecular flexibility index (Phi) is 8.60. The first-order valence-electron chi connectivity index (χ1n) is 7.32. The highest BCUT2D eigenvalue weighted by atomic mass is 16.7. The summed E-state index contributed by atoms with van der Waals surface area (Å²) >= 11 is 0. The van der Waals surface area contributed by atoms with Crippen molar-refractivity contribution in [2.24, 2.45) is 0 Å². The van der Waals surface area contributed by atoms with Crippen LogP contribution >= 0.6 is 0 Å². The van der Waals surface area contributed by atoms with E-state index in [1.807, 2.05) is 0 Å². The van der Waals surface area contributed by atoms with E-state index in [2.05, 4.69) is 12.2 Å². The van der Waals surface area contributed by atoms with Gasteiger partial charge in [-0.25, -0.2) is 0 Å². The molecule has 126 valence electrons. The molecule has 1 saturated heterocycles. The number of nitrogens with one attached hydrogen (secondary N) is 1. The van der Waals surface area contributed by atoms with Gasteiger partial charge in [0.05, 0.1) is 19.3 Å². The lowest BCUT2D eigenvalue weighted by Gasteiger charge is -2.40. The lowest BCUT2D eigenvalue weighted by Crippen LogP contribution is -2.59. The average Bonchev–Trinajstić information content (AvgIpc) is 2.47. The van der Waals surface area contributed by atoms with Gasteiger partial charge in [-0.05, 0) is 13.0 Å². The first-order valence-corrected chi connectivity index (χ1v) is 7.32. The summed E-state index contributed by atoms with van der Waals surface area (Å²) in [6.07, 6.45) is -5.19. The maximum absolute atomic E-state index is 9.84. The number of hydrogen-bond donors (Lipinski definition) is 6. The van der Waals surface area contributed by atoms with Crippen LogP contribution in [0.25, 0.3) is 0 Å². The van der Waals surface area contributed by atoms with Crippen molar-refractivity contribution < 1.29 is 35.0 Å². The maximum atomic E-state index is 9.84. The van der Waals surface area contributed by atoms with E-state index in [0.717, 1.165) is 19.4 Å². The smallest absolute Gasteiger partial charge is 0.184 e. The molecule has 1 rings (SSSR count). The minimum absolute atomic E-state index is 0.113. The monoisotopic (exact) mass is 309 g/mol. The second-order valence-electron chi connectivity index (χ2n) is 5.24. The Morgan fingerprint density at radius 1 is 1.24 bits per heavy atom. The van der Waals surface area contributed by atoms with Gasteiger partial charge in [0.1, 0.15) is 24.4 Å². The van der Waals surface area contributed by atoms with Crippen molar-refractivity contribution in [2.45, 2.75) is 56.6 Å². The van der Waals surface area contributed by atoms with Crippen molar-refractivity contribution in [3.63, 3.8) is 0 Å². The predicted molar refractivity (Wildman–Crippen MR) is 73.5 cm³/mol. The molecule has 0 bridgehead atoms. The van der Waals surface area contributed by atoms with Gasteiger partial charge in [0.25, 0.3) is 0 Å². The molecule has 0 saturated carbocycles. The Labute approximate surface area is 124 Å². The molecule has 8 heteroatoms. The number of ether oxygens (including phenoxy) is 2. The van der Waals surface area contributed by atoms with Crippen molar-refractivity contribution in [3.8, 4) is 0 Å². The molecular weight excluding hydrogens is 282 g/mol. The first kappa shape index (κ1) is 18.7. The fourth-order valence-corrected chi connectivity index (χ4v) is 2.10. The number of unbranched alkanes of at least 4 members (excludes halogenated alkanes) is 1. The van der Waals surface area contributed by atoms with Crippen LogP contribution in [0.5, 0.6) is 0 Å². The molecule has 0 aromatic heterocycles. The Bertz CT molecular complexity index is 281. The molecule has 0 aromatic rings. The third kappa shape index (κ3) is 5.76. The largest absolute Gasteiger partial charge is 0.394 e. The lowest BCUT2D eigenvalue weighted by atomic mass is 9.99. The molecule has 0 aliphatic carbocycles. The van der Waals surface area contributed by atoms with E-state index in [1.165, 1.54) is 0 Å². The summed E-state index contributed by atoms with van der Waals surface area (Å²) in [5.41, 5.74) is 0.